The summed E-state index contributed by atoms with van der Waals surface area (Å²) in [5, 5.41) is 18.8. The van der Waals surface area contributed by atoms with Gasteiger partial charge in [0.1, 0.15) is 18.8 Å². The van der Waals surface area contributed by atoms with Gasteiger partial charge in [-0.2, -0.15) is 13.2 Å². The van der Waals surface area contributed by atoms with Crippen LogP contribution in [0.1, 0.15) is 31.3 Å². The highest BCUT2D eigenvalue weighted by Gasteiger charge is 2.38. The molecular weight excluding hydrogens is 553 g/mol. The molecule has 0 saturated carbocycles. The van der Waals surface area contributed by atoms with Gasteiger partial charge in [0.2, 0.25) is 11.8 Å². The highest BCUT2D eigenvalue weighted by molar-refractivity contribution is 7.15. The van der Waals surface area contributed by atoms with E-state index >= 15 is 0 Å². The molecule has 1 aromatic carbocycles. The van der Waals surface area contributed by atoms with E-state index in [2.05, 4.69) is 26.3 Å². The number of thiazole rings is 1. The Morgan fingerprint density at radius 3 is 2.15 bits per heavy atom. The molecule has 4 N–H and O–H groups in total. The largest absolute Gasteiger partial charge is 0.444 e. The summed E-state index contributed by atoms with van der Waals surface area (Å²) < 4.78 is 49.9. The van der Waals surface area contributed by atoms with E-state index in [1.54, 1.807) is 20.8 Å². The van der Waals surface area contributed by atoms with Gasteiger partial charge in [0.15, 0.2) is 10.8 Å². The number of carbonyl (C=O) groups is 4. The second-order valence-electron chi connectivity index (χ2n) is 8.47. The Bertz CT molecular complexity index is 1230. The number of nitro groups is 1. The van der Waals surface area contributed by atoms with Gasteiger partial charge < -0.3 is 25.4 Å². The standard InChI is InChI=1S/C21H23F3N6O8S/c1-20(2,3)38-18(33)26-8-14(31)25-9-15(32)28-17-29-16(21(22,23)24)13(39-17)10-37-19(34)27-11-4-6-12(7-5-11)30(35)36/h4-7H,8-10H2,1-3H3,(H,25,31)(H,26,33)(H,27,34)(H,28,29,32). The maximum Gasteiger partial charge on any atom is 0.434 e. The van der Waals surface area contributed by atoms with E-state index in [1.807, 2.05) is 0 Å². The number of alkyl halides is 3. The Labute approximate surface area is 222 Å². The zero-order valence-corrected chi connectivity index (χ0v) is 21.4. The number of aromatic nitrogens is 1. The minimum absolute atomic E-state index is 0.0993. The van der Waals surface area contributed by atoms with Crippen molar-refractivity contribution < 1.29 is 46.7 Å². The van der Waals surface area contributed by atoms with Crippen molar-refractivity contribution in [2.75, 3.05) is 23.7 Å². The van der Waals surface area contributed by atoms with Gasteiger partial charge in [-0.25, -0.2) is 14.6 Å². The molecule has 1 aromatic heterocycles. The van der Waals surface area contributed by atoms with Crippen molar-refractivity contribution >= 4 is 51.8 Å². The van der Waals surface area contributed by atoms with Crippen LogP contribution in [0.15, 0.2) is 24.3 Å². The third-order valence-electron chi connectivity index (χ3n) is 4.11. The monoisotopic (exact) mass is 576 g/mol. The van der Waals surface area contributed by atoms with Gasteiger partial charge in [0, 0.05) is 17.8 Å². The molecule has 0 aliphatic carbocycles. The number of alkyl carbamates (subject to hydrolysis) is 1. The van der Waals surface area contributed by atoms with E-state index in [-0.39, 0.29) is 11.4 Å². The molecule has 0 spiro atoms. The van der Waals surface area contributed by atoms with E-state index in [1.165, 1.54) is 12.1 Å². The Kier molecular flexibility index (Phi) is 10.1. The number of halogens is 3. The molecule has 0 bridgehead atoms. The number of nitro benzene ring substituents is 1. The van der Waals surface area contributed by atoms with Crippen molar-refractivity contribution in [1.82, 2.24) is 15.6 Å². The Hall–Kier alpha value is -4.48. The van der Waals surface area contributed by atoms with Crippen LogP contribution in [0.4, 0.5) is 39.3 Å². The number of nitrogens with one attached hydrogen (secondary N) is 4. The smallest absolute Gasteiger partial charge is 0.434 e. The zero-order chi connectivity index (χ0) is 29.4. The van der Waals surface area contributed by atoms with E-state index in [9.17, 15) is 42.5 Å². The maximum absolute atomic E-state index is 13.4. The lowest BCUT2D eigenvalue weighted by molar-refractivity contribution is -0.384. The number of benzene rings is 1. The van der Waals surface area contributed by atoms with Crippen LogP contribution in [0.25, 0.3) is 0 Å². The summed E-state index contributed by atoms with van der Waals surface area (Å²) in [6.07, 6.45) is -6.94. The van der Waals surface area contributed by atoms with Crippen LogP contribution in [-0.4, -0.2) is 52.6 Å². The first-order chi connectivity index (χ1) is 18.0. The molecule has 14 nitrogen and oxygen atoms in total. The second-order valence-corrected chi connectivity index (χ2v) is 9.56. The topological polar surface area (TPSA) is 191 Å². The average Bonchev–Trinajstić information content (AvgIpc) is 3.22. The fraction of sp³-hybridized carbons (Fsp3) is 0.381. The highest BCUT2D eigenvalue weighted by Crippen LogP contribution is 2.36. The highest BCUT2D eigenvalue weighted by atomic mass is 32.1. The minimum Gasteiger partial charge on any atom is -0.444 e. The van der Waals surface area contributed by atoms with Crippen LogP contribution in [-0.2, 0) is 31.8 Å². The molecular formula is C21H23F3N6O8S. The second kappa shape index (κ2) is 12.9. The average molecular weight is 577 g/mol. The van der Waals surface area contributed by atoms with E-state index in [0.717, 1.165) is 12.1 Å². The molecule has 0 aliphatic heterocycles. The van der Waals surface area contributed by atoms with E-state index in [4.69, 9.17) is 9.47 Å². The first-order valence-corrected chi connectivity index (χ1v) is 11.6. The number of anilines is 2. The number of non-ortho nitro benzene ring substituents is 1. The first-order valence-electron chi connectivity index (χ1n) is 10.8. The maximum atomic E-state index is 13.4. The SMILES string of the molecule is CC(C)(C)OC(=O)NCC(=O)NCC(=O)Nc1nc(C(F)(F)F)c(COC(=O)Nc2ccc([N+](=O)[O-])cc2)s1. The summed E-state index contributed by atoms with van der Waals surface area (Å²) in [6, 6.07) is 4.62. The van der Waals surface area contributed by atoms with Gasteiger partial charge in [0.05, 0.1) is 16.3 Å². The summed E-state index contributed by atoms with van der Waals surface area (Å²) in [5.74, 6) is -1.68. The van der Waals surface area contributed by atoms with Crippen molar-refractivity contribution in [3.05, 3.63) is 45.0 Å². The van der Waals surface area contributed by atoms with Gasteiger partial charge in [-0.15, -0.1) is 0 Å². The molecule has 0 radical (unpaired) electrons. The van der Waals surface area contributed by atoms with Gasteiger partial charge >= 0.3 is 18.4 Å². The summed E-state index contributed by atoms with van der Waals surface area (Å²) in [5.41, 5.74) is -2.32. The zero-order valence-electron chi connectivity index (χ0n) is 20.6. The third-order valence-corrected chi connectivity index (χ3v) is 5.05. The lowest BCUT2D eigenvalue weighted by Gasteiger charge is -2.19. The summed E-state index contributed by atoms with van der Waals surface area (Å²) in [4.78, 5) is 60.1. The van der Waals surface area contributed by atoms with Gasteiger partial charge in [-0.3, -0.25) is 25.0 Å². The minimum atomic E-state index is -4.94. The van der Waals surface area contributed by atoms with Gasteiger partial charge in [-0.1, -0.05) is 11.3 Å². The van der Waals surface area contributed by atoms with Crippen LogP contribution in [0.3, 0.4) is 0 Å². The normalized spacial score (nSPS) is 11.2. The van der Waals surface area contributed by atoms with Crippen molar-refractivity contribution in [2.45, 2.75) is 39.2 Å². The first kappa shape index (κ1) is 30.7. The number of nitrogens with zero attached hydrogens (tertiary/aromatic N) is 2. The number of amides is 4. The van der Waals surface area contributed by atoms with E-state index in [0.29, 0.717) is 11.3 Å². The van der Waals surface area contributed by atoms with Gasteiger partial charge in [0.25, 0.3) is 5.69 Å². The molecule has 39 heavy (non-hydrogen) atoms. The molecule has 0 saturated heterocycles. The molecule has 0 unspecified atom stereocenters. The Balaban J connectivity index is 1.90. The summed E-state index contributed by atoms with van der Waals surface area (Å²) in [7, 11) is 0. The lowest BCUT2D eigenvalue weighted by atomic mass is 10.2. The van der Waals surface area contributed by atoms with Crippen molar-refractivity contribution in [1.29, 1.82) is 0 Å². The third kappa shape index (κ3) is 10.8. The number of carbonyl (C=O) groups excluding carboxylic acids is 4. The van der Waals surface area contributed by atoms with Crippen LogP contribution in [0.2, 0.25) is 0 Å². The summed E-state index contributed by atoms with van der Waals surface area (Å²) in [6.45, 7) is 2.85. The molecule has 1 heterocycles. The fourth-order valence-corrected chi connectivity index (χ4v) is 3.46. The van der Waals surface area contributed by atoms with Crippen LogP contribution in [0, 0.1) is 10.1 Å². The lowest BCUT2D eigenvalue weighted by Crippen LogP contribution is -2.41. The molecule has 2 aromatic rings. The molecule has 212 valence electrons. The van der Waals surface area contributed by atoms with Gasteiger partial charge in [-0.05, 0) is 32.9 Å². The molecule has 0 aliphatic rings. The Morgan fingerprint density at radius 2 is 1.59 bits per heavy atom. The number of hydrogen-bond acceptors (Lipinski definition) is 10. The van der Waals surface area contributed by atoms with Crippen LogP contribution in [0.5, 0.6) is 0 Å². The number of rotatable bonds is 9. The predicted molar refractivity (Wildman–Crippen MR) is 130 cm³/mol. The number of ether oxygens (including phenoxy) is 2. The number of hydrogen-bond donors (Lipinski definition) is 4. The molecule has 4 amide bonds. The molecule has 2 rings (SSSR count). The van der Waals surface area contributed by atoms with Crippen molar-refractivity contribution in [3.8, 4) is 0 Å². The molecule has 18 heteroatoms. The molecule has 0 fully saturated rings. The fourth-order valence-electron chi connectivity index (χ4n) is 2.55. The van der Waals surface area contributed by atoms with Crippen LogP contribution >= 0.6 is 11.3 Å². The Morgan fingerprint density at radius 1 is 0.974 bits per heavy atom. The van der Waals surface area contributed by atoms with Crippen molar-refractivity contribution in [3.63, 3.8) is 0 Å². The van der Waals surface area contributed by atoms with E-state index < -0.39 is 76.1 Å². The van der Waals surface area contributed by atoms with Crippen molar-refractivity contribution in [2.24, 2.45) is 0 Å². The molecule has 0 atom stereocenters. The van der Waals surface area contributed by atoms with Crippen LogP contribution < -0.4 is 21.3 Å². The predicted octanol–water partition coefficient (Wildman–Crippen LogP) is 3.40. The summed E-state index contributed by atoms with van der Waals surface area (Å²) >= 11 is 0.393. The quantitative estimate of drug-likeness (QED) is 0.256.